The first-order chi connectivity index (χ1) is 9.61. The van der Waals surface area contributed by atoms with Gasteiger partial charge in [-0.25, -0.2) is 9.78 Å². The van der Waals surface area contributed by atoms with Crippen molar-refractivity contribution in [3.05, 3.63) is 40.4 Å². The first-order valence-electron chi connectivity index (χ1n) is 6.30. The van der Waals surface area contributed by atoms with Crippen LogP contribution in [-0.2, 0) is 10.5 Å². The maximum absolute atomic E-state index is 12.0. The number of aryl methyl sites for hydroxylation is 1. The van der Waals surface area contributed by atoms with Crippen LogP contribution in [0.5, 0.6) is 0 Å². The van der Waals surface area contributed by atoms with E-state index in [4.69, 9.17) is 16.3 Å². The summed E-state index contributed by atoms with van der Waals surface area (Å²) in [6.07, 6.45) is 0. The number of esters is 1. The Balaban J connectivity index is 2.16. The van der Waals surface area contributed by atoms with Crippen LogP contribution in [0.2, 0.25) is 5.02 Å². The summed E-state index contributed by atoms with van der Waals surface area (Å²) in [7, 11) is 0. The Morgan fingerprint density at radius 2 is 2.35 bits per heavy atom. The Morgan fingerprint density at radius 1 is 1.55 bits per heavy atom. The number of hydrogen-bond donors (Lipinski definition) is 0. The van der Waals surface area contributed by atoms with Crippen molar-refractivity contribution in [3.8, 4) is 5.69 Å². The van der Waals surface area contributed by atoms with Crippen LogP contribution in [0.1, 0.15) is 28.9 Å². The molecule has 0 aliphatic carbocycles. The number of rotatable bonds is 2. The molecule has 6 heteroatoms. The molecule has 104 valence electrons. The number of aromatic nitrogens is 2. The predicted molar refractivity (Wildman–Crippen MR) is 78.8 cm³/mol. The molecule has 3 rings (SSSR count). The van der Waals surface area contributed by atoms with Crippen molar-refractivity contribution in [2.75, 3.05) is 6.61 Å². The fraction of sp³-hybridized carbons (Fsp3) is 0.286. The normalized spacial score (nSPS) is 12.8. The summed E-state index contributed by atoms with van der Waals surface area (Å²) in [6.45, 7) is 4.02. The van der Waals surface area contributed by atoms with E-state index < -0.39 is 0 Å². The molecule has 1 aliphatic rings. The molecule has 1 aliphatic heterocycles. The maximum Gasteiger partial charge on any atom is 0.358 e. The molecule has 0 saturated heterocycles. The van der Waals surface area contributed by atoms with Crippen LogP contribution in [0.15, 0.2) is 23.1 Å². The zero-order valence-corrected chi connectivity index (χ0v) is 12.7. The molecule has 0 bridgehead atoms. The van der Waals surface area contributed by atoms with Gasteiger partial charge < -0.3 is 4.74 Å². The van der Waals surface area contributed by atoms with E-state index in [0.717, 1.165) is 22.1 Å². The van der Waals surface area contributed by atoms with Gasteiger partial charge >= 0.3 is 5.97 Å². The summed E-state index contributed by atoms with van der Waals surface area (Å²) < 4.78 is 7.06. The van der Waals surface area contributed by atoms with Crippen LogP contribution < -0.4 is 0 Å². The second-order valence-electron chi connectivity index (χ2n) is 4.41. The Bertz CT molecular complexity index is 697. The van der Waals surface area contributed by atoms with Gasteiger partial charge in [0, 0.05) is 15.7 Å². The predicted octanol–water partition coefficient (Wildman–Crippen LogP) is 3.62. The zero-order chi connectivity index (χ0) is 14.3. The number of halogens is 1. The molecule has 0 unspecified atom stereocenters. The number of thioether (sulfide) groups is 1. The number of carbonyl (C=O) groups is 1. The second kappa shape index (κ2) is 5.14. The van der Waals surface area contributed by atoms with E-state index in [1.165, 1.54) is 0 Å². The molecule has 0 amide bonds. The first kappa shape index (κ1) is 13.5. The highest BCUT2D eigenvalue weighted by Gasteiger charge is 2.27. The van der Waals surface area contributed by atoms with E-state index >= 15 is 0 Å². The number of fused-ring (bicyclic) bond motifs is 3. The minimum atomic E-state index is -0.365. The van der Waals surface area contributed by atoms with Crippen molar-refractivity contribution < 1.29 is 9.53 Å². The summed E-state index contributed by atoms with van der Waals surface area (Å²) in [5.74, 6) is 1.10. The highest BCUT2D eigenvalue weighted by Crippen LogP contribution is 2.38. The lowest BCUT2D eigenvalue weighted by Crippen LogP contribution is -2.12. The van der Waals surface area contributed by atoms with E-state index in [2.05, 4.69) is 4.98 Å². The standard InChI is InChI=1S/C14H13ClN2O2S/c1-3-19-14(18)13-11-7-20-12-5-4-9(15)6-10(12)17(11)8(2)16-13/h4-6H,3,7H2,1-2H3. The zero-order valence-electron chi connectivity index (χ0n) is 11.1. The van der Waals surface area contributed by atoms with E-state index in [1.807, 2.05) is 29.7 Å². The van der Waals surface area contributed by atoms with Gasteiger partial charge in [0.05, 0.1) is 18.0 Å². The van der Waals surface area contributed by atoms with Crippen molar-refractivity contribution in [1.29, 1.82) is 0 Å². The van der Waals surface area contributed by atoms with Gasteiger partial charge in [-0.15, -0.1) is 11.8 Å². The van der Waals surface area contributed by atoms with E-state index in [9.17, 15) is 4.79 Å². The molecule has 0 atom stereocenters. The van der Waals surface area contributed by atoms with E-state index in [-0.39, 0.29) is 5.97 Å². The fourth-order valence-corrected chi connectivity index (χ4v) is 3.51. The number of hydrogen-bond acceptors (Lipinski definition) is 4. The second-order valence-corrected chi connectivity index (χ2v) is 5.86. The summed E-state index contributed by atoms with van der Waals surface area (Å²) in [5, 5.41) is 0.669. The maximum atomic E-state index is 12.0. The average Bonchev–Trinajstić information content (AvgIpc) is 2.77. The summed E-state index contributed by atoms with van der Waals surface area (Å²) in [4.78, 5) is 17.5. The largest absolute Gasteiger partial charge is 0.461 e. The molecule has 0 N–H and O–H groups in total. The molecular formula is C14H13ClN2O2S. The third-order valence-electron chi connectivity index (χ3n) is 3.14. The van der Waals surface area contributed by atoms with Crippen LogP contribution in [-0.4, -0.2) is 22.1 Å². The van der Waals surface area contributed by atoms with Gasteiger partial charge in [-0.05, 0) is 32.0 Å². The van der Waals surface area contributed by atoms with Crippen LogP contribution in [0.4, 0.5) is 0 Å². The fourth-order valence-electron chi connectivity index (χ4n) is 2.33. The Labute approximate surface area is 126 Å². The number of carbonyl (C=O) groups excluding carboxylic acids is 1. The van der Waals surface area contributed by atoms with Gasteiger partial charge in [0.15, 0.2) is 5.69 Å². The Kier molecular flexibility index (Phi) is 3.48. The van der Waals surface area contributed by atoms with Crippen molar-refractivity contribution >= 4 is 29.3 Å². The quantitative estimate of drug-likeness (QED) is 0.795. The van der Waals surface area contributed by atoms with Gasteiger partial charge in [0.25, 0.3) is 0 Å². The monoisotopic (exact) mass is 308 g/mol. The minimum Gasteiger partial charge on any atom is -0.461 e. The number of nitrogens with zero attached hydrogens (tertiary/aromatic N) is 2. The number of ether oxygens (including phenoxy) is 1. The minimum absolute atomic E-state index is 0.347. The molecule has 4 nitrogen and oxygen atoms in total. The van der Waals surface area contributed by atoms with Crippen molar-refractivity contribution in [2.45, 2.75) is 24.5 Å². The third-order valence-corrected chi connectivity index (χ3v) is 4.44. The van der Waals surface area contributed by atoms with Gasteiger partial charge in [-0.1, -0.05) is 11.6 Å². The van der Waals surface area contributed by atoms with E-state index in [1.54, 1.807) is 18.7 Å². The van der Waals surface area contributed by atoms with Crippen molar-refractivity contribution in [2.24, 2.45) is 0 Å². The molecule has 0 saturated carbocycles. The molecule has 0 spiro atoms. The summed E-state index contributed by atoms with van der Waals surface area (Å²) in [6, 6.07) is 5.77. The molecular weight excluding hydrogens is 296 g/mol. The van der Waals surface area contributed by atoms with Crippen LogP contribution in [0.25, 0.3) is 5.69 Å². The highest BCUT2D eigenvalue weighted by atomic mass is 35.5. The lowest BCUT2D eigenvalue weighted by atomic mass is 10.2. The summed E-state index contributed by atoms with van der Waals surface area (Å²) >= 11 is 7.76. The van der Waals surface area contributed by atoms with E-state index in [0.29, 0.717) is 23.1 Å². The highest BCUT2D eigenvalue weighted by molar-refractivity contribution is 7.98. The molecule has 2 aromatic rings. The Hall–Kier alpha value is -1.46. The number of imidazole rings is 1. The molecule has 1 aromatic heterocycles. The lowest BCUT2D eigenvalue weighted by Gasteiger charge is -2.20. The SMILES string of the molecule is CCOC(=O)c1nc(C)n2c1CSc1ccc(Cl)cc1-2. The van der Waals surface area contributed by atoms with Gasteiger partial charge in [0.1, 0.15) is 5.82 Å². The van der Waals surface area contributed by atoms with Gasteiger partial charge in [-0.2, -0.15) is 0 Å². The van der Waals surface area contributed by atoms with Crippen molar-refractivity contribution in [1.82, 2.24) is 9.55 Å². The Morgan fingerprint density at radius 3 is 3.10 bits per heavy atom. The topological polar surface area (TPSA) is 44.1 Å². The first-order valence-corrected chi connectivity index (χ1v) is 7.66. The van der Waals surface area contributed by atoms with Crippen LogP contribution >= 0.6 is 23.4 Å². The molecule has 20 heavy (non-hydrogen) atoms. The summed E-state index contributed by atoms with van der Waals surface area (Å²) in [5.41, 5.74) is 2.26. The lowest BCUT2D eigenvalue weighted by molar-refractivity contribution is 0.0519. The smallest absolute Gasteiger partial charge is 0.358 e. The van der Waals surface area contributed by atoms with Gasteiger partial charge in [0.2, 0.25) is 0 Å². The third kappa shape index (κ3) is 2.11. The molecule has 1 aromatic carbocycles. The van der Waals surface area contributed by atoms with Crippen LogP contribution in [0, 0.1) is 6.92 Å². The molecule has 0 radical (unpaired) electrons. The van der Waals surface area contributed by atoms with Crippen LogP contribution in [0.3, 0.4) is 0 Å². The van der Waals surface area contributed by atoms with Crippen molar-refractivity contribution in [3.63, 3.8) is 0 Å². The molecule has 2 heterocycles. The molecule has 0 fully saturated rings. The van der Waals surface area contributed by atoms with Gasteiger partial charge in [-0.3, -0.25) is 4.57 Å². The average molecular weight is 309 g/mol. The number of benzene rings is 1.